The molecular formula is C30H38O6. The third kappa shape index (κ3) is 5.45. The van der Waals surface area contributed by atoms with E-state index in [0.29, 0.717) is 17.5 Å². The number of aryl methyl sites for hydroxylation is 6. The number of carbonyl (C=O) groups excluding carboxylic acids is 3. The number of hydrogen-bond acceptors (Lipinski definition) is 6. The maximum atomic E-state index is 13.8. The number of aliphatic hydroxyl groups excluding tert-OH is 2. The average Bonchev–Trinajstić information content (AvgIpc) is 2.80. The third-order valence-electron chi connectivity index (χ3n) is 7.68. The Balaban J connectivity index is 1.99. The van der Waals surface area contributed by atoms with Crippen LogP contribution in [0.3, 0.4) is 0 Å². The second kappa shape index (κ2) is 11.1. The highest BCUT2D eigenvalue weighted by Gasteiger charge is 2.45. The zero-order valence-corrected chi connectivity index (χ0v) is 22.3. The summed E-state index contributed by atoms with van der Waals surface area (Å²) in [7, 11) is 1.30. The Morgan fingerprint density at radius 2 is 1.11 bits per heavy atom. The fourth-order valence-corrected chi connectivity index (χ4v) is 6.14. The van der Waals surface area contributed by atoms with Crippen molar-refractivity contribution in [2.24, 2.45) is 17.8 Å². The number of methoxy groups -OCH3 is 1. The second-order valence-corrected chi connectivity index (χ2v) is 10.5. The largest absolute Gasteiger partial charge is 0.469 e. The van der Waals surface area contributed by atoms with Crippen LogP contribution in [-0.2, 0) is 19.1 Å². The lowest BCUT2D eigenvalue weighted by Gasteiger charge is -2.36. The molecule has 0 amide bonds. The lowest BCUT2D eigenvalue weighted by atomic mass is 9.67. The quantitative estimate of drug-likeness (QED) is 0.544. The van der Waals surface area contributed by atoms with Gasteiger partial charge in [-0.3, -0.25) is 14.4 Å². The number of ether oxygens (including phenoxy) is 1. The molecule has 1 aliphatic carbocycles. The Labute approximate surface area is 213 Å². The molecular weight excluding hydrogens is 456 g/mol. The molecule has 1 saturated carbocycles. The average molecular weight is 495 g/mol. The number of ketones is 2. The van der Waals surface area contributed by atoms with Crippen LogP contribution in [0.15, 0.2) is 24.3 Å². The molecule has 194 valence electrons. The minimum atomic E-state index is -1.43. The Kier molecular flexibility index (Phi) is 8.52. The molecule has 2 aromatic carbocycles. The van der Waals surface area contributed by atoms with Crippen LogP contribution in [0.4, 0.5) is 0 Å². The van der Waals surface area contributed by atoms with Crippen LogP contribution < -0.4 is 0 Å². The van der Waals surface area contributed by atoms with Crippen LogP contribution in [-0.4, -0.2) is 34.9 Å². The molecule has 0 saturated heterocycles. The van der Waals surface area contributed by atoms with Crippen molar-refractivity contribution in [3.05, 3.63) is 68.8 Å². The van der Waals surface area contributed by atoms with E-state index in [0.717, 1.165) is 33.4 Å². The minimum absolute atomic E-state index is 0.0987. The van der Waals surface area contributed by atoms with E-state index in [2.05, 4.69) is 0 Å². The summed E-state index contributed by atoms with van der Waals surface area (Å²) in [5.74, 6) is -3.64. The van der Waals surface area contributed by atoms with E-state index < -0.39 is 47.5 Å². The van der Waals surface area contributed by atoms with Gasteiger partial charge in [-0.15, -0.1) is 0 Å². The summed E-state index contributed by atoms with van der Waals surface area (Å²) in [6, 6.07) is 7.66. The molecule has 5 unspecified atom stereocenters. The lowest BCUT2D eigenvalue weighted by Crippen LogP contribution is -2.41. The molecule has 0 bridgehead atoms. The molecule has 0 aromatic heterocycles. The van der Waals surface area contributed by atoms with Crippen molar-refractivity contribution in [1.82, 2.24) is 0 Å². The highest BCUT2D eigenvalue weighted by molar-refractivity contribution is 5.95. The number of Topliss-reactive ketones (excluding diaryl/α,β-unsaturated/α-hetero) is 2. The number of esters is 1. The predicted molar refractivity (Wildman–Crippen MR) is 138 cm³/mol. The SMILES string of the molecule is COC(=O)C1CCC(C(=O)C(O)c2c(C)cc(C)cc2C)C(C(=O)C(O)c2c(C)cc(C)cc2C)C1. The van der Waals surface area contributed by atoms with Crippen LogP contribution in [0, 0.1) is 59.3 Å². The number of rotatable bonds is 7. The Hall–Kier alpha value is -2.83. The minimum Gasteiger partial charge on any atom is -0.469 e. The highest BCUT2D eigenvalue weighted by Crippen LogP contribution is 2.41. The monoisotopic (exact) mass is 494 g/mol. The van der Waals surface area contributed by atoms with Crippen LogP contribution in [0.2, 0.25) is 0 Å². The van der Waals surface area contributed by atoms with Crippen molar-refractivity contribution < 1.29 is 29.3 Å². The standard InChI is InChI=1S/C30H38O6/c1-15-10-17(3)24(18(4)11-15)28(33)26(31)22-9-8-21(30(35)36-7)14-23(22)27(32)29(34)25-19(5)12-16(2)13-20(25)6/h10-13,21-23,28-29,33-34H,8-9,14H2,1-7H3. The van der Waals surface area contributed by atoms with E-state index in [9.17, 15) is 24.6 Å². The van der Waals surface area contributed by atoms with Gasteiger partial charge in [0, 0.05) is 11.8 Å². The van der Waals surface area contributed by atoms with Gasteiger partial charge in [0.25, 0.3) is 0 Å². The molecule has 0 spiro atoms. The van der Waals surface area contributed by atoms with Crippen molar-refractivity contribution in [1.29, 1.82) is 0 Å². The van der Waals surface area contributed by atoms with Gasteiger partial charge in [-0.2, -0.15) is 0 Å². The van der Waals surface area contributed by atoms with Gasteiger partial charge in [-0.1, -0.05) is 35.4 Å². The maximum Gasteiger partial charge on any atom is 0.308 e. The van der Waals surface area contributed by atoms with E-state index in [1.54, 1.807) is 0 Å². The van der Waals surface area contributed by atoms with E-state index in [1.165, 1.54) is 7.11 Å². The highest BCUT2D eigenvalue weighted by atomic mass is 16.5. The van der Waals surface area contributed by atoms with Crippen LogP contribution in [0.5, 0.6) is 0 Å². The second-order valence-electron chi connectivity index (χ2n) is 10.5. The van der Waals surface area contributed by atoms with Gasteiger partial charge in [0.2, 0.25) is 0 Å². The van der Waals surface area contributed by atoms with Gasteiger partial charge < -0.3 is 14.9 Å². The summed E-state index contributed by atoms with van der Waals surface area (Å²) in [6.07, 6.45) is -2.08. The summed E-state index contributed by atoms with van der Waals surface area (Å²) in [4.78, 5) is 39.8. The van der Waals surface area contributed by atoms with Gasteiger partial charge >= 0.3 is 5.97 Å². The molecule has 0 heterocycles. The molecule has 36 heavy (non-hydrogen) atoms. The van der Waals surface area contributed by atoms with Crippen molar-refractivity contribution in [2.45, 2.75) is 73.0 Å². The van der Waals surface area contributed by atoms with Crippen LogP contribution >= 0.6 is 0 Å². The summed E-state index contributed by atoms with van der Waals surface area (Å²) in [6.45, 7) is 11.3. The maximum absolute atomic E-state index is 13.8. The predicted octanol–water partition coefficient (Wildman–Crippen LogP) is 4.65. The first kappa shape index (κ1) is 27.8. The fourth-order valence-electron chi connectivity index (χ4n) is 6.14. The summed E-state index contributed by atoms with van der Waals surface area (Å²) in [5, 5.41) is 22.4. The fraction of sp³-hybridized carbons (Fsp3) is 0.500. The number of hydrogen-bond donors (Lipinski definition) is 2. The van der Waals surface area contributed by atoms with Crippen molar-refractivity contribution in [3.63, 3.8) is 0 Å². The third-order valence-corrected chi connectivity index (χ3v) is 7.68. The molecule has 5 atom stereocenters. The normalized spacial score (nSPS) is 21.5. The smallest absolute Gasteiger partial charge is 0.308 e. The van der Waals surface area contributed by atoms with E-state index in [1.807, 2.05) is 65.8 Å². The van der Waals surface area contributed by atoms with Gasteiger partial charge in [0.05, 0.1) is 13.0 Å². The van der Waals surface area contributed by atoms with Crippen LogP contribution in [0.25, 0.3) is 0 Å². The molecule has 0 aliphatic heterocycles. The lowest BCUT2D eigenvalue weighted by molar-refractivity contribution is -0.152. The van der Waals surface area contributed by atoms with Gasteiger partial charge in [-0.25, -0.2) is 0 Å². The Morgan fingerprint density at radius 1 is 0.722 bits per heavy atom. The van der Waals surface area contributed by atoms with Gasteiger partial charge in [0.15, 0.2) is 11.6 Å². The first-order chi connectivity index (χ1) is 16.9. The summed E-state index contributed by atoms with van der Waals surface area (Å²) in [5.41, 5.74) is 6.35. The first-order valence-electron chi connectivity index (χ1n) is 12.5. The van der Waals surface area contributed by atoms with Crippen LogP contribution in [0.1, 0.15) is 76.0 Å². The summed E-state index contributed by atoms with van der Waals surface area (Å²) >= 11 is 0. The Bertz CT molecular complexity index is 1130. The van der Waals surface area contributed by atoms with Crippen molar-refractivity contribution >= 4 is 17.5 Å². The van der Waals surface area contributed by atoms with E-state index in [-0.39, 0.29) is 12.8 Å². The van der Waals surface area contributed by atoms with E-state index in [4.69, 9.17) is 4.74 Å². The zero-order chi connectivity index (χ0) is 26.9. The number of aliphatic hydroxyl groups is 2. The zero-order valence-electron chi connectivity index (χ0n) is 22.3. The van der Waals surface area contributed by atoms with Gasteiger partial charge in [0.1, 0.15) is 12.2 Å². The number of carbonyl (C=O) groups is 3. The van der Waals surface area contributed by atoms with Crippen molar-refractivity contribution in [3.8, 4) is 0 Å². The molecule has 2 aromatic rings. The molecule has 3 rings (SSSR count). The summed E-state index contributed by atoms with van der Waals surface area (Å²) < 4.78 is 4.92. The van der Waals surface area contributed by atoms with Crippen molar-refractivity contribution in [2.75, 3.05) is 7.11 Å². The topological polar surface area (TPSA) is 101 Å². The molecule has 6 heteroatoms. The molecule has 2 N–H and O–H groups in total. The van der Waals surface area contributed by atoms with Gasteiger partial charge in [-0.05, 0) is 94.2 Å². The molecule has 6 nitrogen and oxygen atoms in total. The molecule has 0 radical (unpaired) electrons. The molecule has 1 fully saturated rings. The molecule has 1 aliphatic rings. The number of benzene rings is 2. The Morgan fingerprint density at radius 3 is 1.50 bits per heavy atom. The van der Waals surface area contributed by atoms with E-state index >= 15 is 0 Å². The first-order valence-corrected chi connectivity index (χ1v) is 12.5.